The van der Waals surface area contributed by atoms with E-state index in [1.165, 1.54) is 23.0 Å². The van der Waals surface area contributed by atoms with Crippen LogP contribution in [0.4, 0.5) is 16.0 Å². The highest BCUT2D eigenvalue weighted by Crippen LogP contribution is 2.23. The maximum atomic E-state index is 14.2. The molecular formula is C19H15FN8O. The van der Waals surface area contributed by atoms with Crippen molar-refractivity contribution >= 4 is 17.3 Å². The van der Waals surface area contributed by atoms with Gasteiger partial charge >= 0.3 is 5.69 Å². The molecule has 0 aliphatic heterocycles. The maximum Gasteiger partial charge on any atom is 0.342 e. The summed E-state index contributed by atoms with van der Waals surface area (Å²) in [5, 5.41) is 12.4. The van der Waals surface area contributed by atoms with Gasteiger partial charge in [-0.1, -0.05) is 18.2 Å². The smallest absolute Gasteiger partial charge is 0.342 e. The van der Waals surface area contributed by atoms with Crippen molar-refractivity contribution in [1.82, 2.24) is 23.9 Å². The van der Waals surface area contributed by atoms with E-state index in [1.54, 1.807) is 37.3 Å². The minimum absolute atomic E-state index is 0.0368. The second kappa shape index (κ2) is 7.05. The van der Waals surface area contributed by atoms with E-state index in [9.17, 15) is 14.4 Å². The number of nitriles is 1. The van der Waals surface area contributed by atoms with Gasteiger partial charge in [-0.05, 0) is 31.2 Å². The normalized spacial score (nSPS) is 11.9. The van der Waals surface area contributed by atoms with Crippen LogP contribution in [-0.2, 0) is 0 Å². The summed E-state index contributed by atoms with van der Waals surface area (Å²) in [6.45, 7) is 1.75. The molecule has 0 amide bonds. The lowest BCUT2D eigenvalue weighted by Gasteiger charge is -2.20. The molecule has 4 aromatic rings. The van der Waals surface area contributed by atoms with E-state index in [1.807, 2.05) is 6.07 Å². The number of rotatable bonds is 4. The van der Waals surface area contributed by atoms with Crippen molar-refractivity contribution in [3.8, 4) is 11.8 Å². The van der Waals surface area contributed by atoms with Crippen LogP contribution in [-0.4, -0.2) is 23.9 Å². The Bertz CT molecular complexity index is 1310. The Morgan fingerprint density at radius 3 is 2.69 bits per heavy atom. The number of nitrogens with zero attached hydrogens (tertiary/aromatic N) is 6. The second-order valence-electron chi connectivity index (χ2n) is 6.23. The molecule has 29 heavy (non-hydrogen) atoms. The van der Waals surface area contributed by atoms with Gasteiger partial charge in [0.1, 0.15) is 41.1 Å². The Labute approximate surface area is 163 Å². The summed E-state index contributed by atoms with van der Waals surface area (Å²) in [5.41, 5.74) is 5.92. The Morgan fingerprint density at radius 2 is 1.97 bits per heavy atom. The molecule has 1 atom stereocenters. The van der Waals surface area contributed by atoms with Crippen LogP contribution in [0, 0.1) is 17.3 Å². The fraction of sp³-hybridized carbons (Fsp3) is 0.105. The molecule has 9 nitrogen and oxygen atoms in total. The van der Waals surface area contributed by atoms with Crippen LogP contribution >= 0.6 is 0 Å². The zero-order chi connectivity index (χ0) is 20.5. The van der Waals surface area contributed by atoms with Crippen LogP contribution in [0.1, 0.15) is 24.4 Å². The molecule has 1 aromatic carbocycles. The minimum Gasteiger partial charge on any atom is -0.382 e. The van der Waals surface area contributed by atoms with E-state index in [0.717, 1.165) is 4.40 Å². The molecule has 0 radical (unpaired) electrons. The monoisotopic (exact) mass is 390 g/mol. The summed E-state index contributed by atoms with van der Waals surface area (Å²) in [5.74, 6) is -0.143. The van der Waals surface area contributed by atoms with Crippen molar-refractivity contribution in [1.29, 1.82) is 5.26 Å². The maximum absolute atomic E-state index is 14.2. The number of halogens is 1. The zero-order valence-corrected chi connectivity index (χ0v) is 15.2. The van der Waals surface area contributed by atoms with Crippen LogP contribution in [0.5, 0.6) is 0 Å². The molecule has 3 heterocycles. The van der Waals surface area contributed by atoms with E-state index >= 15 is 0 Å². The second-order valence-corrected chi connectivity index (χ2v) is 6.23. The third-order valence-electron chi connectivity index (χ3n) is 4.40. The van der Waals surface area contributed by atoms with Crippen molar-refractivity contribution in [3.05, 3.63) is 76.6 Å². The summed E-state index contributed by atoms with van der Waals surface area (Å²) in [4.78, 5) is 25.4. The largest absolute Gasteiger partial charge is 0.382 e. The molecular weight excluding hydrogens is 375 g/mol. The van der Waals surface area contributed by atoms with Gasteiger partial charge in [-0.25, -0.2) is 28.7 Å². The quantitative estimate of drug-likeness (QED) is 0.546. The van der Waals surface area contributed by atoms with Crippen LogP contribution in [0.3, 0.4) is 0 Å². The number of anilines is 2. The number of nitrogens with one attached hydrogen (secondary N) is 1. The fourth-order valence-electron chi connectivity index (χ4n) is 3.04. The van der Waals surface area contributed by atoms with Gasteiger partial charge in [0, 0.05) is 0 Å². The van der Waals surface area contributed by atoms with Gasteiger partial charge in [0.15, 0.2) is 0 Å². The predicted octanol–water partition coefficient (Wildman–Crippen LogP) is 2.04. The van der Waals surface area contributed by atoms with Crippen LogP contribution in [0.15, 0.2) is 53.6 Å². The predicted molar refractivity (Wildman–Crippen MR) is 104 cm³/mol. The van der Waals surface area contributed by atoms with Gasteiger partial charge in [-0.2, -0.15) is 9.65 Å². The Hall–Kier alpha value is -4.26. The van der Waals surface area contributed by atoms with E-state index in [-0.39, 0.29) is 22.8 Å². The summed E-state index contributed by atoms with van der Waals surface area (Å²) in [6, 6.07) is 12.8. The lowest BCUT2D eigenvalue weighted by atomic mass is 10.2. The van der Waals surface area contributed by atoms with Crippen LogP contribution in [0.25, 0.3) is 11.3 Å². The highest BCUT2D eigenvalue weighted by atomic mass is 19.1. The number of nitrogens with two attached hydrogens (primary N) is 1. The number of hydrogen-bond donors (Lipinski definition) is 2. The average molecular weight is 390 g/mol. The third kappa shape index (κ3) is 3.04. The van der Waals surface area contributed by atoms with Gasteiger partial charge < -0.3 is 11.1 Å². The first kappa shape index (κ1) is 18.1. The van der Waals surface area contributed by atoms with E-state index in [0.29, 0.717) is 11.5 Å². The Balaban J connectivity index is 1.90. The molecule has 0 fully saturated rings. The minimum atomic E-state index is -0.704. The van der Waals surface area contributed by atoms with Crippen LogP contribution in [0.2, 0.25) is 0 Å². The highest BCUT2D eigenvalue weighted by molar-refractivity contribution is 5.62. The van der Waals surface area contributed by atoms with Crippen molar-refractivity contribution in [2.24, 2.45) is 0 Å². The number of para-hydroxylation sites is 1. The molecule has 3 N–H and O–H groups in total. The van der Waals surface area contributed by atoms with Crippen molar-refractivity contribution in [2.45, 2.75) is 13.0 Å². The van der Waals surface area contributed by atoms with E-state index < -0.39 is 17.7 Å². The van der Waals surface area contributed by atoms with Gasteiger partial charge in [-0.3, -0.25) is 0 Å². The third-order valence-corrected chi connectivity index (χ3v) is 4.40. The summed E-state index contributed by atoms with van der Waals surface area (Å²) < 4.78 is 16.4. The molecule has 3 aromatic heterocycles. The number of aromatic nitrogens is 5. The first-order valence-corrected chi connectivity index (χ1v) is 8.63. The molecule has 1 unspecified atom stereocenters. The lowest BCUT2D eigenvalue weighted by Crippen LogP contribution is -2.32. The molecule has 0 saturated carbocycles. The summed E-state index contributed by atoms with van der Waals surface area (Å²) >= 11 is 0. The molecule has 144 valence electrons. The van der Waals surface area contributed by atoms with Crippen molar-refractivity contribution in [2.75, 3.05) is 11.1 Å². The van der Waals surface area contributed by atoms with Crippen LogP contribution < -0.4 is 16.7 Å². The summed E-state index contributed by atoms with van der Waals surface area (Å²) in [7, 11) is 0. The van der Waals surface area contributed by atoms with E-state index in [4.69, 9.17) is 5.73 Å². The van der Waals surface area contributed by atoms with E-state index in [2.05, 4.69) is 20.3 Å². The van der Waals surface area contributed by atoms with Gasteiger partial charge in [0.2, 0.25) is 5.95 Å². The topological polar surface area (TPSA) is 127 Å². The number of hydrogen-bond acceptors (Lipinski definition) is 7. The average Bonchev–Trinajstić information content (AvgIpc) is 3.10. The van der Waals surface area contributed by atoms with Crippen molar-refractivity contribution in [3.63, 3.8) is 0 Å². The van der Waals surface area contributed by atoms with Gasteiger partial charge in [0.05, 0.1) is 11.7 Å². The van der Waals surface area contributed by atoms with Gasteiger partial charge in [-0.15, -0.1) is 0 Å². The standard InChI is InChI=1S/C19H15FN8O/c1-11(25-17-13(9-21)16(22)23-10-24-17)18-26-15-8-7-14(20)28(15)19(29)27(18)12-5-3-2-4-6-12/h2-8,10-11H,1H3,(H3,22,23,24,25). The highest BCUT2D eigenvalue weighted by Gasteiger charge is 2.21. The lowest BCUT2D eigenvalue weighted by molar-refractivity contribution is 0.551. The summed E-state index contributed by atoms with van der Waals surface area (Å²) in [6.07, 6.45) is 1.23. The number of fused-ring (bicyclic) bond motifs is 1. The SMILES string of the molecule is CC(Nc1ncnc(N)c1C#N)c1nc2ccc(F)n2c(=O)n1-c1ccccc1. The molecule has 4 rings (SSSR count). The number of nitrogen functional groups attached to an aromatic ring is 1. The Morgan fingerprint density at radius 1 is 1.21 bits per heavy atom. The molecule has 0 saturated heterocycles. The van der Waals surface area contributed by atoms with Gasteiger partial charge in [0.25, 0.3) is 0 Å². The molecule has 0 spiro atoms. The first-order valence-electron chi connectivity index (χ1n) is 8.63. The molecule has 0 bridgehead atoms. The molecule has 0 aliphatic rings. The number of benzene rings is 1. The Kier molecular flexibility index (Phi) is 4.40. The molecule has 0 aliphatic carbocycles. The zero-order valence-electron chi connectivity index (χ0n) is 15.2. The first-order chi connectivity index (χ1) is 14.0. The fourth-order valence-corrected chi connectivity index (χ4v) is 3.04. The van der Waals surface area contributed by atoms with Crippen molar-refractivity contribution < 1.29 is 4.39 Å². The molecule has 10 heteroatoms.